The lowest BCUT2D eigenvalue weighted by Crippen LogP contribution is -2.26. The summed E-state index contributed by atoms with van der Waals surface area (Å²) in [5.41, 5.74) is 17.8. The van der Waals surface area contributed by atoms with E-state index in [1.54, 1.807) is 0 Å². The first-order chi connectivity index (χ1) is 25.3. The Bertz CT molecular complexity index is 2630. The summed E-state index contributed by atoms with van der Waals surface area (Å²) >= 11 is 0. The van der Waals surface area contributed by atoms with Crippen LogP contribution in [0.1, 0.15) is 22.3 Å². The van der Waals surface area contributed by atoms with Crippen LogP contribution in [0.15, 0.2) is 188 Å². The molecule has 0 saturated carbocycles. The molecule has 0 radical (unpaired) electrons. The van der Waals surface area contributed by atoms with Crippen molar-refractivity contribution in [2.45, 2.75) is 5.41 Å². The fourth-order valence-electron chi connectivity index (χ4n) is 8.93. The van der Waals surface area contributed by atoms with Crippen molar-refractivity contribution in [3.63, 3.8) is 0 Å². The molecule has 1 heterocycles. The summed E-state index contributed by atoms with van der Waals surface area (Å²) in [6, 6.07) is 68.2. The van der Waals surface area contributed by atoms with Crippen molar-refractivity contribution in [1.29, 1.82) is 0 Å². The number of fused-ring (bicyclic) bond motifs is 12. The molecule has 1 aliphatic heterocycles. The van der Waals surface area contributed by atoms with Gasteiger partial charge in [-0.2, -0.15) is 0 Å². The highest BCUT2D eigenvalue weighted by atomic mass is 16.5. The molecule has 51 heavy (non-hydrogen) atoms. The van der Waals surface area contributed by atoms with Gasteiger partial charge in [-0.1, -0.05) is 146 Å². The summed E-state index contributed by atoms with van der Waals surface area (Å²) in [6.07, 6.45) is 0. The lowest BCUT2D eigenvalue weighted by atomic mass is 9.70. The number of para-hydroxylation sites is 1. The maximum Gasteiger partial charge on any atom is 0.151 e. The number of hydrogen-bond acceptors (Lipinski definition) is 2. The summed E-state index contributed by atoms with van der Waals surface area (Å²) in [4.78, 5) is 2.38. The van der Waals surface area contributed by atoms with E-state index in [1.807, 2.05) is 0 Å². The number of nitrogens with zero attached hydrogens (tertiary/aromatic N) is 1. The SMILES string of the molecule is c1ccc(-c2cccc(-c3ccc4c(c3)N(c3ccccc3)c3cc5c(cc3O4)C3(c4ccccc4-c4ccccc43)c3ccccc3-5)c2)cc1. The highest BCUT2D eigenvalue weighted by Crippen LogP contribution is 2.65. The van der Waals surface area contributed by atoms with Crippen molar-refractivity contribution in [3.05, 3.63) is 210 Å². The molecule has 0 bridgehead atoms. The molecule has 8 aromatic rings. The van der Waals surface area contributed by atoms with Gasteiger partial charge in [0.05, 0.1) is 16.8 Å². The lowest BCUT2D eigenvalue weighted by Gasteiger charge is -2.35. The molecule has 0 aromatic heterocycles. The predicted molar refractivity (Wildman–Crippen MR) is 208 cm³/mol. The number of benzene rings is 8. The van der Waals surface area contributed by atoms with Crippen LogP contribution in [0.3, 0.4) is 0 Å². The van der Waals surface area contributed by atoms with E-state index < -0.39 is 5.41 Å². The fraction of sp³-hybridized carbons (Fsp3) is 0.0204. The van der Waals surface area contributed by atoms with Crippen molar-refractivity contribution in [2.75, 3.05) is 4.90 Å². The van der Waals surface area contributed by atoms with E-state index in [0.29, 0.717) is 0 Å². The summed E-state index contributed by atoms with van der Waals surface area (Å²) in [6.45, 7) is 0. The van der Waals surface area contributed by atoms with Crippen molar-refractivity contribution in [1.82, 2.24) is 0 Å². The van der Waals surface area contributed by atoms with Gasteiger partial charge >= 0.3 is 0 Å². The Balaban J connectivity index is 1.13. The maximum atomic E-state index is 6.97. The molecule has 238 valence electrons. The zero-order valence-electron chi connectivity index (χ0n) is 27.8. The first kappa shape index (κ1) is 28.2. The minimum absolute atomic E-state index is 0.428. The van der Waals surface area contributed by atoms with Crippen LogP contribution in [-0.4, -0.2) is 0 Å². The van der Waals surface area contributed by atoms with Crippen LogP contribution in [0.2, 0.25) is 0 Å². The van der Waals surface area contributed by atoms with E-state index in [1.165, 1.54) is 61.2 Å². The Labute approximate surface area is 297 Å². The zero-order chi connectivity index (χ0) is 33.5. The molecule has 3 aliphatic rings. The molecule has 2 aliphatic carbocycles. The molecule has 0 unspecified atom stereocenters. The van der Waals surface area contributed by atoms with Crippen molar-refractivity contribution >= 4 is 17.1 Å². The molecular formula is C49H31NO. The number of ether oxygens (including phenoxy) is 1. The van der Waals surface area contributed by atoms with Crippen LogP contribution in [0.5, 0.6) is 11.5 Å². The average Bonchev–Trinajstić information content (AvgIpc) is 3.66. The van der Waals surface area contributed by atoms with Crippen LogP contribution in [0.4, 0.5) is 17.1 Å². The molecule has 0 saturated heterocycles. The van der Waals surface area contributed by atoms with Crippen LogP contribution < -0.4 is 9.64 Å². The van der Waals surface area contributed by atoms with Crippen molar-refractivity contribution in [3.8, 4) is 56.0 Å². The van der Waals surface area contributed by atoms with Gasteiger partial charge in [0.25, 0.3) is 0 Å². The minimum Gasteiger partial charge on any atom is -0.453 e. The van der Waals surface area contributed by atoms with Gasteiger partial charge in [-0.15, -0.1) is 0 Å². The van der Waals surface area contributed by atoms with E-state index >= 15 is 0 Å². The average molecular weight is 650 g/mol. The van der Waals surface area contributed by atoms with E-state index in [4.69, 9.17) is 4.74 Å². The van der Waals surface area contributed by atoms with Crippen LogP contribution in [0.25, 0.3) is 44.5 Å². The van der Waals surface area contributed by atoms with E-state index in [9.17, 15) is 0 Å². The highest BCUT2D eigenvalue weighted by Gasteiger charge is 2.52. The van der Waals surface area contributed by atoms with Gasteiger partial charge in [-0.3, -0.25) is 0 Å². The predicted octanol–water partition coefficient (Wildman–Crippen LogP) is 12.9. The first-order valence-electron chi connectivity index (χ1n) is 17.6. The normalized spacial score (nSPS) is 13.8. The molecule has 2 nitrogen and oxygen atoms in total. The Morgan fingerprint density at radius 1 is 0.333 bits per heavy atom. The highest BCUT2D eigenvalue weighted by molar-refractivity contribution is 5.99. The van der Waals surface area contributed by atoms with Gasteiger partial charge in [0, 0.05) is 5.69 Å². The molecule has 8 aromatic carbocycles. The molecule has 2 heteroatoms. The molecular weight excluding hydrogens is 619 g/mol. The standard InChI is InChI=1S/C49H31NO/c1-3-14-32(15-4-1)33-16-13-17-34(28-33)35-26-27-47-45(29-35)50(36-18-5-2-6-19-36)46-30-40-39-22-9-12-25-43(39)49(44(40)31-48(46)51-47)41-23-10-7-20-37(41)38-21-8-11-24-42(38)49/h1-31H. The summed E-state index contributed by atoms with van der Waals surface area (Å²) in [5.74, 6) is 1.70. The van der Waals surface area contributed by atoms with Gasteiger partial charge in [0.1, 0.15) is 0 Å². The molecule has 0 N–H and O–H groups in total. The molecule has 1 spiro atoms. The number of hydrogen-bond donors (Lipinski definition) is 0. The summed E-state index contributed by atoms with van der Waals surface area (Å²) in [7, 11) is 0. The number of anilines is 3. The van der Waals surface area contributed by atoms with Crippen LogP contribution >= 0.6 is 0 Å². The van der Waals surface area contributed by atoms with E-state index in [0.717, 1.165) is 34.1 Å². The second kappa shape index (κ2) is 10.7. The second-order valence-electron chi connectivity index (χ2n) is 13.7. The lowest BCUT2D eigenvalue weighted by molar-refractivity contribution is 0.476. The molecule has 0 atom stereocenters. The van der Waals surface area contributed by atoms with Gasteiger partial charge in [-0.25, -0.2) is 0 Å². The molecule has 11 rings (SSSR count). The van der Waals surface area contributed by atoms with Gasteiger partial charge < -0.3 is 9.64 Å². The van der Waals surface area contributed by atoms with Gasteiger partial charge in [0.2, 0.25) is 0 Å². The third-order valence-electron chi connectivity index (χ3n) is 11.1. The van der Waals surface area contributed by atoms with Crippen LogP contribution in [-0.2, 0) is 5.41 Å². The van der Waals surface area contributed by atoms with Crippen molar-refractivity contribution < 1.29 is 4.74 Å². The second-order valence-corrected chi connectivity index (χ2v) is 13.7. The van der Waals surface area contributed by atoms with Gasteiger partial charge in [-0.05, 0) is 109 Å². The summed E-state index contributed by atoms with van der Waals surface area (Å²) < 4.78 is 6.97. The Morgan fingerprint density at radius 2 is 0.843 bits per heavy atom. The fourth-order valence-corrected chi connectivity index (χ4v) is 8.93. The summed E-state index contributed by atoms with van der Waals surface area (Å²) in [5, 5.41) is 0. The monoisotopic (exact) mass is 649 g/mol. The first-order valence-corrected chi connectivity index (χ1v) is 17.6. The number of rotatable bonds is 3. The molecule has 0 amide bonds. The minimum atomic E-state index is -0.428. The maximum absolute atomic E-state index is 6.97. The third kappa shape index (κ3) is 3.93. The zero-order valence-corrected chi connectivity index (χ0v) is 27.8. The van der Waals surface area contributed by atoms with Crippen LogP contribution in [0, 0.1) is 0 Å². The third-order valence-corrected chi connectivity index (χ3v) is 11.1. The topological polar surface area (TPSA) is 12.5 Å². The van der Waals surface area contributed by atoms with E-state index in [-0.39, 0.29) is 0 Å². The quantitative estimate of drug-likeness (QED) is 0.189. The Morgan fingerprint density at radius 3 is 1.51 bits per heavy atom. The van der Waals surface area contributed by atoms with E-state index in [2.05, 4.69) is 193 Å². The van der Waals surface area contributed by atoms with Gasteiger partial charge in [0.15, 0.2) is 11.5 Å². The van der Waals surface area contributed by atoms with Crippen molar-refractivity contribution in [2.24, 2.45) is 0 Å². The smallest absolute Gasteiger partial charge is 0.151 e. The Kier molecular flexibility index (Phi) is 5.91. The molecule has 0 fully saturated rings. The largest absolute Gasteiger partial charge is 0.453 e. The Hall–Kier alpha value is -6.64.